The van der Waals surface area contributed by atoms with Crippen LogP contribution in [0.2, 0.25) is 0 Å². The minimum atomic E-state index is -4.48. The van der Waals surface area contributed by atoms with E-state index in [2.05, 4.69) is 15.5 Å². The Kier molecular flexibility index (Phi) is 8.68. The topological polar surface area (TPSA) is 104 Å². The molecule has 1 N–H and O–H groups in total. The molecular weight excluding hydrogens is 479 g/mol. The van der Waals surface area contributed by atoms with Crippen molar-refractivity contribution in [3.63, 3.8) is 0 Å². The van der Waals surface area contributed by atoms with Crippen LogP contribution in [0.1, 0.15) is 55.3 Å². The number of halogens is 3. The van der Waals surface area contributed by atoms with Gasteiger partial charge in [-0.1, -0.05) is 67.5 Å². The van der Waals surface area contributed by atoms with Gasteiger partial charge in [-0.3, -0.25) is 4.79 Å². The molecule has 1 unspecified atom stereocenters. The number of nitrogens with zero attached hydrogens (tertiary/aromatic N) is 2. The summed E-state index contributed by atoms with van der Waals surface area (Å²) < 4.78 is 54.9. The Bertz CT molecular complexity index is 1170. The lowest BCUT2D eigenvalue weighted by molar-refractivity contribution is -0.149. The first-order valence-electron chi connectivity index (χ1n) is 11.2. The van der Waals surface area contributed by atoms with Crippen LogP contribution in [-0.2, 0) is 33.5 Å². The average Bonchev–Trinajstić information content (AvgIpc) is 3.28. The van der Waals surface area contributed by atoms with E-state index in [9.17, 15) is 22.8 Å². The number of hydrogen-bond donors (Lipinski definition) is 1. The molecule has 0 spiro atoms. The third-order valence-corrected chi connectivity index (χ3v) is 5.18. The van der Waals surface area contributed by atoms with Crippen LogP contribution in [0.25, 0.3) is 0 Å². The van der Waals surface area contributed by atoms with Gasteiger partial charge in [0.05, 0.1) is 18.0 Å². The number of benzene rings is 2. The fourth-order valence-electron chi connectivity index (χ4n) is 3.45. The largest absolute Gasteiger partial charge is 0.452 e. The standard InChI is InChI=1S/C25H26F3N3O5/c1-15(2)21(30-24(33)34-14-17-8-5-4-6-9-17)22(35-16(3)32)23-29-20(36-31-23)13-18-10-7-11-19(12-18)25(26,27)28/h4-12,15,21-22H,13-14H2,1-3H3,(H,30,33)/t21-,22?/m0/s1. The Morgan fingerprint density at radius 1 is 1.06 bits per heavy atom. The SMILES string of the molecule is CC(=O)OC(c1noc(Cc2cccc(C(F)(F)F)c2)n1)[C@@H](NC(=O)OCc1ccccc1)C(C)C. The number of amides is 1. The Hall–Kier alpha value is -3.89. The molecule has 0 fully saturated rings. The van der Waals surface area contributed by atoms with Gasteiger partial charge in [0.15, 0.2) is 6.10 Å². The molecule has 0 radical (unpaired) electrons. The van der Waals surface area contributed by atoms with Gasteiger partial charge in [0.25, 0.3) is 0 Å². The Morgan fingerprint density at radius 2 is 1.75 bits per heavy atom. The van der Waals surface area contributed by atoms with Crippen molar-refractivity contribution in [3.8, 4) is 0 Å². The normalized spacial score (nSPS) is 13.2. The highest BCUT2D eigenvalue weighted by Crippen LogP contribution is 2.30. The minimum absolute atomic E-state index is 0.0237. The van der Waals surface area contributed by atoms with Gasteiger partial charge >= 0.3 is 18.2 Å². The molecule has 3 rings (SSSR count). The summed E-state index contributed by atoms with van der Waals surface area (Å²) in [6.45, 7) is 4.82. The van der Waals surface area contributed by atoms with E-state index in [0.29, 0.717) is 5.56 Å². The number of rotatable bonds is 9. The van der Waals surface area contributed by atoms with Gasteiger partial charge in [-0.25, -0.2) is 4.79 Å². The summed E-state index contributed by atoms with van der Waals surface area (Å²) in [5, 5.41) is 6.55. The summed E-state index contributed by atoms with van der Waals surface area (Å²) in [7, 11) is 0. The molecule has 8 nitrogen and oxygen atoms in total. The Balaban J connectivity index is 1.75. The van der Waals surface area contributed by atoms with Gasteiger partial charge in [-0.15, -0.1) is 0 Å². The highest BCUT2D eigenvalue weighted by Gasteiger charge is 2.35. The zero-order chi connectivity index (χ0) is 26.3. The second-order valence-electron chi connectivity index (χ2n) is 8.43. The number of alkyl carbamates (subject to hydrolysis) is 1. The van der Waals surface area contributed by atoms with Gasteiger partial charge < -0.3 is 19.3 Å². The van der Waals surface area contributed by atoms with Crippen molar-refractivity contribution in [3.05, 3.63) is 83.0 Å². The quantitative estimate of drug-likeness (QED) is 0.397. The predicted molar refractivity (Wildman–Crippen MR) is 121 cm³/mol. The van der Waals surface area contributed by atoms with E-state index in [1.54, 1.807) is 26.0 Å². The van der Waals surface area contributed by atoms with E-state index in [1.165, 1.54) is 19.1 Å². The molecule has 2 aromatic carbocycles. The summed E-state index contributed by atoms with van der Waals surface area (Å²) in [5.41, 5.74) is 0.311. The van der Waals surface area contributed by atoms with E-state index in [1.807, 2.05) is 18.2 Å². The van der Waals surface area contributed by atoms with E-state index < -0.39 is 35.9 Å². The smallest absolute Gasteiger partial charge is 0.416 e. The molecule has 36 heavy (non-hydrogen) atoms. The summed E-state index contributed by atoms with van der Waals surface area (Å²) in [6, 6.07) is 13.1. The lowest BCUT2D eigenvalue weighted by Crippen LogP contribution is -2.44. The van der Waals surface area contributed by atoms with E-state index >= 15 is 0 Å². The maximum Gasteiger partial charge on any atom is 0.416 e. The Morgan fingerprint density at radius 3 is 2.39 bits per heavy atom. The third kappa shape index (κ3) is 7.56. The second-order valence-corrected chi connectivity index (χ2v) is 8.43. The highest BCUT2D eigenvalue weighted by molar-refractivity contribution is 5.68. The molecule has 0 bridgehead atoms. The van der Waals surface area contributed by atoms with Crippen molar-refractivity contribution in [1.82, 2.24) is 15.5 Å². The van der Waals surface area contributed by atoms with Crippen LogP contribution < -0.4 is 5.32 Å². The number of ether oxygens (including phenoxy) is 2. The molecule has 11 heteroatoms. The predicted octanol–water partition coefficient (Wildman–Crippen LogP) is 5.23. The summed E-state index contributed by atoms with van der Waals surface area (Å²) in [4.78, 5) is 28.5. The zero-order valence-corrected chi connectivity index (χ0v) is 19.9. The highest BCUT2D eigenvalue weighted by atomic mass is 19.4. The number of hydrogen-bond acceptors (Lipinski definition) is 7. The van der Waals surface area contributed by atoms with Gasteiger partial charge in [0.1, 0.15) is 6.61 Å². The molecule has 0 saturated carbocycles. The average molecular weight is 505 g/mol. The zero-order valence-electron chi connectivity index (χ0n) is 19.9. The number of esters is 1. The number of aromatic nitrogens is 2. The van der Waals surface area contributed by atoms with E-state index in [0.717, 1.165) is 17.7 Å². The maximum absolute atomic E-state index is 13.0. The van der Waals surface area contributed by atoms with Gasteiger partial charge in [-0.2, -0.15) is 18.2 Å². The van der Waals surface area contributed by atoms with E-state index in [4.69, 9.17) is 14.0 Å². The first kappa shape index (κ1) is 26.7. The molecule has 192 valence electrons. The summed E-state index contributed by atoms with van der Waals surface area (Å²) in [6.07, 6.45) is -6.40. The van der Waals surface area contributed by atoms with Crippen molar-refractivity contribution in [2.45, 2.75) is 52.1 Å². The van der Waals surface area contributed by atoms with Crippen LogP contribution in [0, 0.1) is 5.92 Å². The first-order chi connectivity index (χ1) is 17.0. The van der Waals surface area contributed by atoms with Crippen LogP contribution in [0.5, 0.6) is 0 Å². The third-order valence-electron chi connectivity index (χ3n) is 5.18. The molecule has 0 saturated heterocycles. The molecule has 0 aliphatic heterocycles. The van der Waals surface area contributed by atoms with E-state index in [-0.39, 0.29) is 30.7 Å². The van der Waals surface area contributed by atoms with Crippen molar-refractivity contribution < 1.29 is 36.8 Å². The van der Waals surface area contributed by atoms with Crippen LogP contribution in [-0.4, -0.2) is 28.2 Å². The van der Waals surface area contributed by atoms with Crippen LogP contribution in [0.3, 0.4) is 0 Å². The van der Waals surface area contributed by atoms with Crippen molar-refractivity contribution in [2.24, 2.45) is 5.92 Å². The number of alkyl halides is 3. The molecule has 3 aromatic rings. The number of nitrogens with one attached hydrogen (secondary N) is 1. The molecule has 1 aromatic heterocycles. The molecule has 0 aliphatic rings. The fraction of sp³-hybridized carbons (Fsp3) is 0.360. The van der Waals surface area contributed by atoms with Crippen molar-refractivity contribution in [1.29, 1.82) is 0 Å². The lowest BCUT2D eigenvalue weighted by Gasteiger charge is -2.28. The first-order valence-corrected chi connectivity index (χ1v) is 11.2. The molecular formula is C25H26F3N3O5. The van der Waals surface area contributed by atoms with Gasteiger partial charge in [0, 0.05) is 6.92 Å². The minimum Gasteiger partial charge on any atom is -0.452 e. The monoisotopic (exact) mass is 505 g/mol. The number of carbonyl (C=O) groups is 2. The maximum atomic E-state index is 13.0. The molecule has 0 aliphatic carbocycles. The summed E-state index contributed by atoms with van der Waals surface area (Å²) in [5.74, 6) is -0.900. The van der Waals surface area contributed by atoms with Crippen molar-refractivity contribution in [2.75, 3.05) is 0 Å². The fourth-order valence-corrected chi connectivity index (χ4v) is 3.45. The van der Waals surface area contributed by atoms with Crippen LogP contribution in [0.4, 0.5) is 18.0 Å². The Labute approximate surface area is 205 Å². The molecule has 1 amide bonds. The number of carbonyl (C=O) groups excluding carboxylic acids is 2. The van der Waals surface area contributed by atoms with Crippen molar-refractivity contribution >= 4 is 12.1 Å². The molecule has 1 heterocycles. The molecule has 2 atom stereocenters. The second kappa shape index (κ2) is 11.7. The summed E-state index contributed by atoms with van der Waals surface area (Å²) >= 11 is 0. The van der Waals surface area contributed by atoms with Crippen LogP contribution in [0.15, 0.2) is 59.1 Å². The van der Waals surface area contributed by atoms with Crippen LogP contribution >= 0.6 is 0 Å². The van der Waals surface area contributed by atoms with Gasteiger partial charge in [0.2, 0.25) is 11.7 Å². The lowest BCUT2D eigenvalue weighted by atomic mass is 9.98. The van der Waals surface area contributed by atoms with Gasteiger partial charge in [-0.05, 0) is 23.1 Å².